The Hall–Kier alpha value is -0.130. The van der Waals surface area contributed by atoms with Crippen LogP contribution in [0.25, 0.3) is 0 Å². The molecule has 0 amide bonds. The van der Waals surface area contributed by atoms with Gasteiger partial charge in [0.15, 0.2) is 0 Å². The first kappa shape index (κ1) is 10.4. The lowest BCUT2D eigenvalue weighted by molar-refractivity contribution is 0.275. The molecule has 14 heavy (non-hydrogen) atoms. The fraction of sp³-hybridized carbons (Fsp3) is 0.444. The highest BCUT2D eigenvalue weighted by Gasteiger charge is 2.36. The number of aliphatic hydroxyl groups is 1. The lowest BCUT2D eigenvalue weighted by atomic mass is 10.4. The topological polar surface area (TPSA) is 45.1 Å². The number of hydrogen-bond acceptors (Lipinski definition) is 3. The summed E-state index contributed by atoms with van der Waals surface area (Å²) in [6, 6.07) is 2.37. The number of nitrogens with zero attached hydrogens (tertiary/aromatic N) is 1. The molecule has 76 valence electrons. The number of aliphatic hydroxyl groups excluding tert-OH is 1. The second-order valence-electron chi connectivity index (χ2n) is 3.42. The van der Waals surface area contributed by atoms with E-state index < -0.39 is 0 Å². The fourth-order valence-corrected chi connectivity index (χ4v) is 2.01. The number of halogens is 2. The van der Waals surface area contributed by atoms with Crippen molar-refractivity contribution in [3.05, 3.63) is 21.3 Å². The largest absolute Gasteiger partial charge is 0.396 e. The molecule has 1 aliphatic rings. The first-order valence-corrected chi connectivity index (χ1v) is 5.97. The van der Waals surface area contributed by atoms with Crippen LogP contribution in [0.15, 0.2) is 21.3 Å². The van der Waals surface area contributed by atoms with Gasteiger partial charge in [0.2, 0.25) is 0 Å². The smallest absolute Gasteiger partial charge is 0.129 e. The van der Waals surface area contributed by atoms with Crippen molar-refractivity contribution in [2.45, 2.75) is 12.5 Å². The summed E-state index contributed by atoms with van der Waals surface area (Å²) in [5.41, 5.74) is 0.973. The van der Waals surface area contributed by atoms with Crippen LogP contribution >= 0.6 is 31.9 Å². The SMILES string of the molecule is OCC1CC1Nc1cc(Br)cnc1Br. The molecule has 2 unspecified atom stereocenters. The van der Waals surface area contributed by atoms with Gasteiger partial charge in [0.1, 0.15) is 4.60 Å². The van der Waals surface area contributed by atoms with E-state index in [4.69, 9.17) is 5.11 Å². The molecule has 0 aromatic carbocycles. The van der Waals surface area contributed by atoms with Gasteiger partial charge in [-0.15, -0.1) is 0 Å². The van der Waals surface area contributed by atoms with Gasteiger partial charge in [0, 0.05) is 29.2 Å². The van der Waals surface area contributed by atoms with E-state index in [0.29, 0.717) is 12.0 Å². The minimum Gasteiger partial charge on any atom is -0.396 e. The molecule has 2 rings (SSSR count). The fourth-order valence-electron chi connectivity index (χ4n) is 1.35. The molecule has 1 fully saturated rings. The van der Waals surface area contributed by atoms with Crippen molar-refractivity contribution < 1.29 is 5.11 Å². The van der Waals surface area contributed by atoms with Crippen LogP contribution in [0.5, 0.6) is 0 Å². The molecule has 0 spiro atoms. The molecule has 2 atom stereocenters. The lowest BCUT2D eigenvalue weighted by Gasteiger charge is -2.07. The molecule has 0 radical (unpaired) electrons. The zero-order valence-electron chi connectivity index (χ0n) is 7.37. The summed E-state index contributed by atoms with van der Waals surface area (Å²) >= 11 is 6.74. The van der Waals surface area contributed by atoms with E-state index >= 15 is 0 Å². The highest BCUT2D eigenvalue weighted by atomic mass is 79.9. The average molecular weight is 322 g/mol. The second-order valence-corrected chi connectivity index (χ2v) is 5.09. The molecule has 5 heteroatoms. The van der Waals surface area contributed by atoms with Crippen LogP contribution < -0.4 is 5.32 Å². The third-order valence-corrected chi connectivity index (χ3v) is 3.37. The minimum absolute atomic E-state index is 0.261. The monoisotopic (exact) mass is 320 g/mol. The van der Waals surface area contributed by atoms with Gasteiger partial charge >= 0.3 is 0 Å². The van der Waals surface area contributed by atoms with Crippen LogP contribution in [0, 0.1) is 5.92 Å². The molecule has 0 bridgehead atoms. The summed E-state index contributed by atoms with van der Waals surface area (Å²) in [4.78, 5) is 4.16. The quantitative estimate of drug-likeness (QED) is 0.840. The van der Waals surface area contributed by atoms with Crippen molar-refractivity contribution in [3.8, 4) is 0 Å². The van der Waals surface area contributed by atoms with Crippen molar-refractivity contribution in [2.24, 2.45) is 5.92 Å². The van der Waals surface area contributed by atoms with Crippen molar-refractivity contribution in [3.63, 3.8) is 0 Å². The standard InChI is InChI=1S/C9H10Br2N2O/c10-6-2-8(9(11)12-3-6)13-7-1-5(7)4-14/h2-3,5,7,13-14H,1,4H2. The maximum absolute atomic E-state index is 8.90. The highest BCUT2D eigenvalue weighted by molar-refractivity contribution is 9.11. The Morgan fingerprint density at radius 2 is 2.36 bits per heavy atom. The van der Waals surface area contributed by atoms with Crippen LogP contribution in [-0.4, -0.2) is 22.7 Å². The van der Waals surface area contributed by atoms with Crippen molar-refractivity contribution in [1.82, 2.24) is 4.98 Å². The Labute approximate surface area is 99.2 Å². The Kier molecular flexibility index (Phi) is 3.09. The first-order chi connectivity index (χ1) is 6.70. The van der Waals surface area contributed by atoms with Gasteiger partial charge in [-0.2, -0.15) is 0 Å². The van der Waals surface area contributed by atoms with Crippen molar-refractivity contribution >= 4 is 37.5 Å². The summed E-state index contributed by atoms with van der Waals surface area (Å²) in [6.07, 6.45) is 2.78. The third kappa shape index (κ3) is 2.27. The Balaban J connectivity index is 2.06. The van der Waals surface area contributed by atoms with Gasteiger partial charge < -0.3 is 10.4 Å². The lowest BCUT2D eigenvalue weighted by Crippen LogP contribution is -2.07. The number of hydrogen-bond donors (Lipinski definition) is 2. The van der Waals surface area contributed by atoms with Crippen LogP contribution in [-0.2, 0) is 0 Å². The number of anilines is 1. The van der Waals surface area contributed by atoms with E-state index in [9.17, 15) is 0 Å². The number of aromatic nitrogens is 1. The van der Waals surface area contributed by atoms with Crippen LogP contribution in [0.3, 0.4) is 0 Å². The van der Waals surface area contributed by atoms with Crippen LogP contribution in [0.2, 0.25) is 0 Å². The van der Waals surface area contributed by atoms with Gasteiger partial charge in [0.05, 0.1) is 5.69 Å². The third-order valence-electron chi connectivity index (χ3n) is 2.30. The van der Waals surface area contributed by atoms with E-state index in [1.165, 1.54) is 0 Å². The molecule has 1 aromatic heterocycles. The predicted octanol–water partition coefficient (Wildman–Crippen LogP) is 2.40. The van der Waals surface area contributed by atoms with Crippen molar-refractivity contribution in [2.75, 3.05) is 11.9 Å². The molecule has 0 aliphatic heterocycles. The molecule has 0 saturated heterocycles. The zero-order valence-corrected chi connectivity index (χ0v) is 10.5. The van der Waals surface area contributed by atoms with Crippen LogP contribution in [0.4, 0.5) is 5.69 Å². The molecule has 1 saturated carbocycles. The van der Waals surface area contributed by atoms with Gasteiger partial charge in [-0.3, -0.25) is 0 Å². The summed E-state index contributed by atoms with van der Waals surface area (Å²) in [6.45, 7) is 0.261. The average Bonchev–Trinajstić information content (AvgIpc) is 2.90. The predicted molar refractivity (Wildman–Crippen MR) is 62.2 cm³/mol. The normalized spacial score (nSPS) is 24.8. The van der Waals surface area contributed by atoms with E-state index in [1.54, 1.807) is 6.20 Å². The first-order valence-electron chi connectivity index (χ1n) is 4.39. The van der Waals surface area contributed by atoms with E-state index in [1.807, 2.05) is 6.07 Å². The number of pyridine rings is 1. The van der Waals surface area contributed by atoms with Gasteiger partial charge in [-0.05, 0) is 44.3 Å². The molecular formula is C9H10Br2N2O. The van der Waals surface area contributed by atoms with Crippen LogP contribution in [0.1, 0.15) is 6.42 Å². The molecule has 3 nitrogen and oxygen atoms in total. The minimum atomic E-state index is 0.261. The summed E-state index contributed by atoms with van der Waals surface area (Å²) in [7, 11) is 0. The van der Waals surface area contributed by atoms with E-state index in [-0.39, 0.29) is 6.61 Å². The Morgan fingerprint density at radius 3 is 3.00 bits per heavy atom. The summed E-state index contributed by atoms with van der Waals surface area (Å²) < 4.78 is 1.76. The van der Waals surface area contributed by atoms with Crippen molar-refractivity contribution in [1.29, 1.82) is 0 Å². The number of rotatable bonds is 3. The highest BCUT2D eigenvalue weighted by Crippen LogP contribution is 2.35. The van der Waals surface area contributed by atoms with Gasteiger partial charge in [-0.25, -0.2) is 4.98 Å². The molecule has 2 N–H and O–H groups in total. The zero-order chi connectivity index (χ0) is 10.1. The molecular weight excluding hydrogens is 312 g/mol. The van der Waals surface area contributed by atoms with E-state index in [2.05, 4.69) is 42.2 Å². The van der Waals surface area contributed by atoms with Gasteiger partial charge in [-0.1, -0.05) is 0 Å². The van der Waals surface area contributed by atoms with Gasteiger partial charge in [0.25, 0.3) is 0 Å². The maximum atomic E-state index is 8.90. The maximum Gasteiger partial charge on any atom is 0.129 e. The Bertz CT molecular complexity index is 346. The second kappa shape index (κ2) is 4.16. The molecule has 1 aromatic rings. The molecule has 1 aliphatic carbocycles. The molecule has 1 heterocycles. The van der Waals surface area contributed by atoms with E-state index in [0.717, 1.165) is 21.2 Å². The summed E-state index contributed by atoms with van der Waals surface area (Å²) in [5.74, 6) is 0.404. The number of nitrogens with one attached hydrogen (secondary N) is 1. The Morgan fingerprint density at radius 1 is 1.57 bits per heavy atom. The summed E-state index contributed by atoms with van der Waals surface area (Å²) in [5, 5.41) is 12.2.